The first-order valence-electron chi connectivity index (χ1n) is 13.5. The van der Waals surface area contributed by atoms with Crippen molar-refractivity contribution in [2.24, 2.45) is 0 Å². The minimum absolute atomic E-state index is 0.318. The summed E-state index contributed by atoms with van der Waals surface area (Å²) in [5.41, 5.74) is 2.93. The summed E-state index contributed by atoms with van der Waals surface area (Å²) in [6.45, 7) is 4.53. The monoisotopic (exact) mass is 589 g/mol. The second-order valence-electron chi connectivity index (χ2n) is 10.7. The minimum Gasteiger partial charge on any atom is -0.378 e. The van der Waals surface area contributed by atoms with Crippen molar-refractivity contribution in [3.63, 3.8) is 0 Å². The second kappa shape index (κ2) is 11.0. The Bertz CT molecular complexity index is 1520. The third kappa shape index (κ3) is 4.83. The number of rotatable bonds is 5. The number of ether oxygens (including phenoxy) is 1. The van der Waals surface area contributed by atoms with Gasteiger partial charge in [-0.25, -0.2) is 9.69 Å². The van der Waals surface area contributed by atoms with Gasteiger partial charge in [0.05, 0.1) is 30.5 Å². The van der Waals surface area contributed by atoms with Crippen LogP contribution in [-0.2, 0) is 16.1 Å². The largest absolute Gasteiger partial charge is 0.378 e. The van der Waals surface area contributed by atoms with Crippen LogP contribution in [0.5, 0.6) is 0 Å². The second-order valence-corrected chi connectivity index (χ2v) is 11.6. The number of hydrogen-bond donors (Lipinski definition) is 0. The molecule has 3 saturated heterocycles. The molecule has 0 unspecified atom stereocenters. The average Bonchev–Trinajstić information content (AvgIpc) is 3.44. The molecule has 0 saturated carbocycles. The minimum atomic E-state index is -1.16. The van der Waals surface area contributed by atoms with E-state index in [1.54, 1.807) is 42.3 Å². The maximum absolute atomic E-state index is 14.5. The lowest BCUT2D eigenvalue weighted by molar-refractivity contribution is -0.124. The molecule has 210 valence electrons. The van der Waals surface area contributed by atoms with Crippen molar-refractivity contribution in [1.82, 2.24) is 9.80 Å². The van der Waals surface area contributed by atoms with Gasteiger partial charge in [0.25, 0.3) is 5.91 Å². The number of amides is 3. The van der Waals surface area contributed by atoms with Crippen LogP contribution in [0.15, 0.2) is 66.7 Å². The lowest BCUT2D eigenvalue weighted by atomic mass is 9.80. The van der Waals surface area contributed by atoms with Gasteiger partial charge in [-0.05, 0) is 47.5 Å². The Balaban J connectivity index is 1.39. The lowest BCUT2D eigenvalue weighted by Gasteiger charge is -2.34. The maximum atomic E-state index is 14.5. The van der Waals surface area contributed by atoms with E-state index in [1.165, 1.54) is 4.90 Å². The molecule has 0 radical (unpaired) electrons. The Morgan fingerprint density at radius 3 is 2.37 bits per heavy atom. The molecule has 3 aromatic rings. The highest BCUT2D eigenvalue weighted by Crippen LogP contribution is 2.47. The van der Waals surface area contributed by atoms with Crippen molar-refractivity contribution >= 4 is 46.5 Å². The van der Waals surface area contributed by atoms with Gasteiger partial charge in [-0.2, -0.15) is 5.26 Å². The van der Waals surface area contributed by atoms with Crippen LogP contribution in [0.2, 0.25) is 10.0 Å². The highest BCUT2D eigenvalue weighted by atomic mass is 35.5. The summed E-state index contributed by atoms with van der Waals surface area (Å²) in [7, 11) is 1.69. The molecule has 6 rings (SSSR count). The van der Waals surface area contributed by atoms with Gasteiger partial charge >= 0.3 is 6.03 Å². The molecule has 3 aliphatic rings. The predicted octanol–water partition coefficient (Wildman–Crippen LogP) is 5.14. The molecule has 0 aliphatic carbocycles. The summed E-state index contributed by atoms with van der Waals surface area (Å²) < 4.78 is 5.56. The van der Waals surface area contributed by atoms with Crippen molar-refractivity contribution in [3.8, 4) is 6.07 Å². The molecule has 41 heavy (non-hydrogen) atoms. The molecule has 2 atom stereocenters. The maximum Gasteiger partial charge on any atom is 0.332 e. The number of nitriles is 1. The molecule has 3 aliphatic heterocycles. The SMILES string of the molecule is CN1C(=O)N(c2cc(Cl)cc(Cl)c2)C(=O)[C@]12CN(Cc1ccccc1N1CCOCC1)C[C@@H]2c1ccc(C#N)cc1. The van der Waals surface area contributed by atoms with Crippen LogP contribution in [0.25, 0.3) is 0 Å². The summed E-state index contributed by atoms with van der Waals surface area (Å²) >= 11 is 12.5. The van der Waals surface area contributed by atoms with Gasteiger partial charge in [-0.3, -0.25) is 9.69 Å². The van der Waals surface area contributed by atoms with E-state index in [0.717, 1.165) is 29.9 Å². The van der Waals surface area contributed by atoms with Crippen LogP contribution < -0.4 is 9.80 Å². The quantitative estimate of drug-likeness (QED) is 0.383. The molecule has 3 heterocycles. The molecule has 3 fully saturated rings. The lowest BCUT2D eigenvalue weighted by Crippen LogP contribution is -2.53. The summed E-state index contributed by atoms with van der Waals surface area (Å²) in [6, 6.07) is 22.1. The summed E-state index contributed by atoms with van der Waals surface area (Å²) in [6.07, 6.45) is 0. The average molecular weight is 591 g/mol. The van der Waals surface area contributed by atoms with Crippen LogP contribution >= 0.6 is 23.2 Å². The summed E-state index contributed by atoms with van der Waals surface area (Å²) in [5, 5.41) is 10.0. The van der Waals surface area contributed by atoms with E-state index in [0.29, 0.717) is 54.1 Å². The number of benzene rings is 3. The van der Waals surface area contributed by atoms with Crippen LogP contribution in [0.4, 0.5) is 16.2 Å². The molecule has 8 nitrogen and oxygen atoms in total. The number of nitrogens with zero attached hydrogens (tertiary/aromatic N) is 5. The molecule has 1 spiro atoms. The number of morpholine rings is 1. The van der Waals surface area contributed by atoms with Crippen molar-refractivity contribution < 1.29 is 14.3 Å². The highest BCUT2D eigenvalue weighted by Gasteiger charge is 2.64. The standard InChI is InChI=1S/C31H29Cl2N5O3/c1-35-30(40)38(26-15-24(32)14-25(33)16-26)29(39)31(35)20-36(19-27(31)22-8-6-21(17-34)7-9-22)18-23-4-2-3-5-28(23)37-10-12-41-13-11-37/h2-9,14-16,27H,10-13,18-20H2,1H3/t27-,31-/m1/s1. The normalized spacial score (nSPS) is 23.1. The molecule has 3 aromatic carbocycles. The number of hydrogen-bond acceptors (Lipinski definition) is 6. The summed E-state index contributed by atoms with van der Waals surface area (Å²) in [4.78, 5) is 35.6. The van der Waals surface area contributed by atoms with Crippen LogP contribution in [-0.4, -0.2) is 73.7 Å². The smallest absolute Gasteiger partial charge is 0.332 e. The third-order valence-corrected chi connectivity index (χ3v) is 8.85. The van der Waals surface area contributed by atoms with E-state index in [1.807, 2.05) is 24.3 Å². The first-order chi connectivity index (χ1) is 19.8. The molecular formula is C31H29Cl2N5O3. The Labute approximate surface area is 249 Å². The van der Waals surface area contributed by atoms with Gasteiger partial charge in [-0.15, -0.1) is 0 Å². The van der Waals surface area contributed by atoms with Crippen LogP contribution in [0.3, 0.4) is 0 Å². The van der Waals surface area contributed by atoms with E-state index >= 15 is 0 Å². The van der Waals surface area contributed by atoms with E-state index in [9.17, 15) is 14.9 Å². The number of imide groups is 1. The topological polar surface area (TPSA) is 80.1 Å². The molecular weight excluding hydrogens is 561 g/mol. The fourth-order valence-corrected chi connectivity index (χ4v) is 6.93. The number of carbonyl (C=O) groups excluding carboxylic acids is 2. The number of para-hydroxylation sites is 1. The van der Waals surface area contributed by atoms with Gasteiger partial charge in [0, 0.05) is 61.4 Å². The highest BCUT2D eigenvalue weighted by molar-refractivity contribution is 6.35. The fourth-order valence-electron chi connectivity index (χ4n) is 6.41. The number of halogens is 2. The predicted molar refractivity (Wildman–Crippen MR) is 158 cm³/mol. The molecule has 0 N–H and O–H groups in total. The van der Waals surface area contributed by atoms with Gasteiger partial charge in [0.1, 0.15) is 5.54 Å². The van der Waals surface area contributed by atoms with Crippen molar-refractivity contribution in [3.05, 3.63) is 93.5 Å². The Morgan fingerprint density at radius 1 is 1.00 bits per heavy atom. The Morgan fingerprint density at radius 2 is 1.68 bits per heavy atom. The van der Waals surface area contributed by atoms with Gasteiger partial charge in [0.2, 0.25) is 0 Å². The number of likely N-dealkylation sites (N-methyl/N-ethyl adjacent to an activating group) is 1. The van der Waals surface area contributed by atoms with Gasteiger partial charge in [0.15, 0.2) is 0 Å². The fraction of sp³-hybridized carbons (Fsp3) is 0.323. The molecule has 0 bridgehead atoms. The van der Waals surface area contributed by atoms with Crippen LogP contribution in [0, 0.1) is 11.3 Å². The number of likely N-dealkylation sites (tertiary alicyclic amines) is 1. The Kier molecular flexibility index (Phi) is 7.39. The summed E-state index contributed by atoms with van der Waals surface area (Å²) in [5.74, 6) is -0.645. The van der Waals surface area contributed by atoms with Crippen molar-refractivity contribution in [1.29, 1.82) is 5.26 Å². The van der Waals surface area contributed by atoms with Gasteiger partial charge < -0.3 is 14.5 Å². The number of urea groups is 1. The third-order valence-electron chi connectivity index (χ3n) is 8.42. The van der Waals surface area contributed by atoms with E-state index in [4.69, 9.17) is 27.9 Å². The van der Waals surface area contributed by atoms with Crippen LogP contribution in [0.1, 0.15) is 22.6 Å². The number of anilines is 2. The zero-order valence-corrected chi connectivity index (χ0v) is 24.1. The zero-order valence-electron chi connectivity index (χ0n) is 22.6. The molecule has 0 aromatic heterocycles. The molecule has 3 amide bonds. The van der Waals surface area contributed by atoms with Crippen molar-refractivity contribution in [2.75, 3.05) is 56.2 Å². The first-order valence-corrected chi connectivity index (χ1v) is 14.3. The first kappa shape index (κ1) is 27.6. The number of carbonyl (C=O) groups is 2. The van der Waals surface area contributed by atoms with E-state index < -0.39 is 11.6 Å². The van der Waals surface area contributed by atoms with Crippen molar-refractivity contribution in [2.45, 2.75) is 18.0 Å². The van der Waals surface area contributed by atoms with Gasteiger partial charge in [-0.1, -0.05) is 53.5 Å². The van der Waals surface area contributed by atoms with E-state index in [2.05, 4.69) is 28.0 Å². The molecule has 10 heteroatoms. The Hall–Kier alpha value is -3.61. The van der Waals surface area contributed by atoms with E-state index in [-0.39, 0.29) is 11.8 Å². The zero-order chi connectivity index (χ0) is 28.7.